The number of amides is 2. The van der Waals surface area contributed by atoms with Crippen molar-refractivity contribution in [1.29, 1.82) is 0 Å². The van der Waals surface area contributed by atoms with Gasteiger partial charge in [0, 0.05) is 31.1 Å². The van der Waals surface area contributed by atoms with E-state index in [2.05, 4.69) is 10.3 Å². The molecule has 2 saturated heterocycles. The highest BCUT2D eigenvalue weighted by Gasteiger charge is 2.49. The summed E-state index contributed by atoms with van der Waals surface area (Å²) in [5.41, 5.74) is 3.02. The van der Waals surface area contributed by atoms with Gasteiger partial charge in [0.2, 0.25) is 5.91 Å². The van der Waals surface area contributed by atoms with Crippen molar-refractivity contribution >= 4 is 22.8 Å². The van der Waals surface area contributed by atoms with Crippen molar-refractivity contribution in [1.82, 2.24) is 19.8 Å². The summed E-state index contributed by atoms with van der Waals surface area (Å²) in [6.07, 6.45) is 3.10. The van der Waals surface area contributed by atoms with Crippen molar-refractivity contribution in [3.63, 3.8) is 0 Å². The van der Waals surface area contributed by atoms with Gasteiger partial charge in [-0.1, -0.05) is 6.07 Å². The number of rotatable bonds is 3. The van der Waals surface area contributed by atoms with Crippen LogP contribution >= 0.6 is 0 Å². The monoisotopic (exact) mass is 376 g/mol. The Balaban J connectivity index is 1.43. The zero-order valence-electron chi connectivity index (χ0n) is 15.5. The summed E-state index contributed by atoms with van der Waals surface area (Å²) >= 11 is 0. The van der Waals surface area contributed by atoms with E-state index in [4.69, 9.17) is 4.74 Å². The number of nitrogens with one attached hydrogen (secondary N) is 1. The number of imidazole rings is 1. The SMILES string of the molecule is COc1cccc(-n2cnc3ccc(C(=O)N4CC5(CCC(=O)N5)C4)cc32)c1. The van der Waals surface area contributed by atoms with Crippen molar-refractivity contribution < 1.29 is 14.3 Å². The lowest BCUT2D eigenvalue weighted by Crippen LogP contribution is -2.68. The molecule has 3 aromatic rings. The van der Waals surface area contributed by atoms with Crippen molar-refractivity contribution in [3.8, 4) is 11.4 Å². The highest BCUT2D eigenvalue weighted by Crippen LogP contribution is 2.32. The standard InChI is InChI=1S/C21H20N4O3/c1-28-16-4-2-3-15(10-16)25-13-22-17-6-5-14(9-18(17)25)20(27)24-11-21(12-24)8-7-19(26)23-21/h2-6,9-10,13H,7-8,11-12H2,1H3,(H,23,26). The normalized spacial score (nSPS) is 17.6. The molecule has 142 valence electrons. The second-order valence-electron chi connectivity index (χ2n) is 7.51. The average molecular weight is 376 g/mol. The van der Waals surface area contributed by atoms with Crippen LogP contribution in [-0.2, 0) is 4.79 Å². The van der Waals surface area contributed by atoms with Crippen LogP contribution in [0, 0.1) is 0 Å². The molecular weight excluding hydrogens is 356 g/mol. The second kappa shape index (κ2) is 6.09. The molecule has 28 heavy (non-hydrogen) atoms. The predicted octanol–water partition coefficient (Wildman–Crippen LogP) is 2.14. The van der Waals surface area contributed by atoms with Gasteiger partial charge in [-0.05, 0) is 36.8 Å². The number of benzene rings is 2. The molecule has 1 spiro atoms. The summed E-state index contributed by atoms with van der Waals surface area (Å²) in [7, 11) is 1.63. The largest absolute Gasteiger partial charge is 0.497 e. The lowest BCUT2D eigenvalue weighted by molar-refractivity contribution is -0.120. The summed E-state index contributed by atoms with van der Waals surface area (Å²) in [6, 6.07) is 13.3. The minimum Gasteiger partial charge on any atom is -0.497 e. The molecule has 7 heteroatoms. The molecule has 0 atom stereocenters. The number of methoxy groups -OCH3 is 1. The van der Waals surface area contributed by atoms with Gasteiger partial charge in [0.05, 0.1) is 29.4 Å². The van der Waals surface area contributed by atoms with Gasteiger partial charge in [-0.2, -0.15) is 0 Å². The maximum Gasteiger partial charge on any atom is 0.254 e. The quantitative estimate of drug-likeness (QED) is 0.760. The highest BCUT2D eigenvalue weighted by atomic mass is 16.5. The molecule has 2 aromatic carbocycles. The van der Waals surface area contributed by atoms with Crippen LogP contribution in [-0.4, -0.2) is 52.0 Å². The van der Waals surface area contributed by atoms with Gasteiger partial charge in [-0.3, -0.25) is 14.2 Å². The Morgan fingerprint density at radius 3 is 2.82 bits per heavy atom. The third kappa shape index (κ3) is 2.62. The first-order chi connectivity index (χ1) is 13.6. The molecule has 0 bridgehead atoms. The Bertz CT molecular complexity index is 1100. The number of carbonyl (C=O) groups excluding carboxylic acids is 2. The van der Waals surface area contributed by atoms with E-state index < -0.39 is 0 Å². The fourth-order valence-corrected chi connectivity index (χ4v) is 4.13. The van der Waals surface area contributed by atoms with Crippen LogP contribution in [0.25, 0.3) is 16.7 Å². The molecule has 3 heterocycles. The zero-order valence-corrected chi connectivity index (χ0v) is 15.5. The lowest BCUT2D eigenvalue weighted by Gasteiger charge is -2.47. The van der Waals surface area contributed by atoms with Crippen LogP contribution in [0.5, 0.6) is 5.75 Å². The van der Waals surface area contributed by atoms with E-state index in [-0.39, 0.29) is 17.4 Å². The van der Waals surface area contributed by atoms with E-state index in [1.165, 1.54) is 0 Å². The van der Waals surface area contributed by atoms with E-state index in [0.29, 0.717) is 25.1 Å². The van der Waals surface area contributed by atoms with Crippen molar-refractivity contribution in [2.24, 2.45) is 0 Å². The Labute approximate surface area is 161 Å². The molecule has 0 unspecified atom stereocenters. The summed E-state index contributed by atoms with van der Waals surface area (Å²) in [4.78, 5) is 30.7. The number of carbonyl (C=O) groups is 2. The van der Waals surface area contributed by atoms with E-state index in [9.17, 15) is 9.59 Å². The molecule has 0 radical (unpaired) electrons. The molecule has 2 fully saturated rings. The lowest BCUT2D eigenvalue weighted by atomic mass is 9.87. The first-order valence-corrected chi connectivity index (χ1v) is 9.29. The minimum atomic E-state index is -0.209. The maximum atomic E-state index is 12.9. The number of ether oxygens (including phenoxy) is 1. The maximum absolute atomic E-state index is 12.9. The first kappa shape index (κ1) is 16.8. The molecule has 0 aliphatic carbocycles. The van der Waals surface area contributed by atoms with E-state index >= 15 is 0 Å². The second-order valence-corrected chi connectivity index (χ2v) is 7.51. The molecule has 5 rings (SSSR count). The van der Waals surface area contributed by atoms with Gasteiger partial charge in [-0.25, -0.2) is 4.98 Å². The van der Waals surface area contributed by atoms with Crippen LogP contribution in [0.2, 0.25) is 0 Å². The smallest absolute Gasteiger partial charge is 0.254 e. The van der Waals surface area contributed by atoms with Gasteiger partial charge >= 0.3 is 0 Å². The average Bonchev–Trinajstić information content (AvgIpc) is 3.29. The Kier molecular flexibility index (Phi) is 3.65. The van der Waals surface area contributed by atoms with Gasteiger partial charge in [0.1, 0.15) is 12.1 Å². The summed E-state index contributed by atoms with van der Waals surface area (Å²) in [6.45, 7) is 1.15. The van der Waals surface area contributed by atoms with E-state index in [0.717, 1.165) is 28.9 Å². The van der Waals surface area contributed by atoms with Crippen LogP contribution in [0.15, 0.2) is 48.8 Å². The van der Waals surface area contributed by atoms with Crippen LogP contribution < -0.4 is 10.1 Å². The number of fused-ring (bicyclic) bond motifs is 1. The third-order valence-electron chi connectivity index (χ3n) is 5.64. The Morgan fingerprint density at radius 1 is 1.21 bits per heavy atom. The third-order valence-corrected chi connectivity index (χ3v) is 5.64. The van der Waals surface area contributed by atoms with E-state index in [1.54, 1.807) is 18.3 Å². The number of hydrogen-bond acceptors (Lipinski definition) is 4. The number of likely N-dealkylation sites (tertiary alicyclic amines) is 1. The number of nitrogens with zero attached hydrogens (tertiary/aromatic N) is 3. The molecule has 2 aliphatic rings. The van der Waals surface area contributed by atoms with Crippen LogP contribution in [0.3, 0.4) is 0 Å². The summed E-state index contributed by atoms with van der Waals surface area (Å²) in [5.74, 6) is 0.818. The minimum absolute atomic E-state index is 0.0212. The van der Waals surface area contributed by atoms with Crippen LogP contribution in [0.4, 0.5) is 0 Å². The first-order valence-electron chi connectivity index (χ1n) is 9.29. The fourth-order valence-electron chi connectivity index (χ4n) is 4.13. The summed E-state index contributed by atoms with van der Waals surface area (Å²) in [5, 5.41) is 3.01. The van der Waals surface area contributed by atoms with E-state index in [1.807, 2.05) is 47.0 Å². The van der Waals surface area contributed by atoms with Crippen LogP contribution in [0.1, 0.15) is 23.2 Å². The summed E-state index contributed by atoms with van der Waals surface area (Å²) < 4.78 is 7.26. The highest BCUT2D eigenvalue weighted by molar-refractivity contribution is 5.98. The van der Waals surface area contributed by atoms with Crippen molar-refractivity contribution in [2.75, 3.05) is 20.2 Å². The predicted molar refractivity (Wildman–Crippen MR) is 104 cm³/mol. The zero-order chi connectivity index (χ0) is 19.3. The van der Waals surface area contributed by atoms with Gasteiger partial charge < -0.3 is 15.0 Å². The van der Waals surface area contributed by atoms with Gasteiger partial charge in [0.25, 0.3) is 5.91 Å². The van der Waals surface area contributed by atoms with Gasteiger partial charge in [-0.15, -0.1) is 0 Å². The Morgan fingerprint density at radius 2 is 2.07 bits per heavy atom. The molecule has 2 aliphatic heterocycles. The molecule has 1 N–H and O–H groups in total. The molecule has 1 aromatic heterocycles. The van der Waals surface area contributed by atoms with Gasteiger partial charge in [0.15, 0.2) is 0 Å². The fraction of sp³-hybridized carbons (Fsp3) is 0.286. The Hall–Kier alpha value is -3.35. The molecule has 2 amide bonds. The molecule has 0 saturated carbocycles. The number of aromatic nitrogens is 2. The van der Waals surface area contributed by atoms with Crippen molar-refractivity contribution in [2.45, 2.75) is 18.4 Å². The number of hydrogen-bond donors (Lipinski definition) is 1. The van der Waals surface area contributed by atoms with Crippen molar-refractivity contribution in [3.05, 3.63) is 54.4 Å². The molecule has 7 nitrogen and oxygen atoms in total. The topological polar surface area (TPSA) is 76.5 Å². The molecular formula is C21H20N4O3.